The van der Waals surface area contributed by atoms with Gasteiger partial charge in [-0.25, -0.2) is 0 Å². The first-order valence-corrected chi connectivity index (χ1v) is 11.9. The summed E-state index contributed by atoms with van der Waals surface area (Å²) < 4.78 is 12.1. The molecule has 0 amide bonds. The lowest BCUT2D eigenvalue weighted by Gasteiger charge is -2.63. The van der Waals surface area contributed by atoms with Crippen LogP contribution in [-0.2, 0) is 9.47 Å². The first kappa shape index (κ1) is 19.6. The summed E-state index contributed by atoms with van der Waals surface area (Å²) in [5, 5.41) is 11.4. The molecule has 4 saturated carbocycles. The number of aliphatic hydroxyl groups is 1. The maximum atomic E-state index is 11.4. The molecule has 1 spiro atoms. The Balaban J connectivity index is 1.42. The molecule has 3 nitrogen and oxygen atoms in total. The zero-order valence-electron chi connectivity index (χ0n) is 18.2. The molecule has 0 radical (unpaired) electrons. The quantitative estimate of drug-likeness (QED) is 0.662. The maximum absolute atomic E-state index is 11.4. The molecular weight excluding hydrogens is 348 g/mol. The fourth-order valence-corrected chi connectivity index (χ4v) is 8.99. The fourth-order valence-electron chi connectivity index (χ4n) is 8.99. The van der Waals surface area contributed by atoms with Crippen LogP contribution in [0.1, 0.15) is 72.1 Å². The van der Waals surface area contributed by atoms with Gasteiger partial charge in [-0.05, 0) is 84.9 Å². The van der Waals surface area contributed by atoms with Gasteiger partial charge in [0.2, 0.25) is 0 Å². The molecule has 158 valence electrons. The Morgan fingerprint density at radius 1 is 1.00 bits per heavy atom. The van der Waals surface area contributed by atoms with Crippen LogP contribution in [-0.4, -0.2) is 30.2 Å². The summed E-state index contributed by atoms with van der Waals surface area (Å²) in [6.07, 6.45) is 11.4. The van der Waals surface area contributed by atoms with Crippen molar-refractivity contribution in [3.8, 4) is 0 Å². The molecule has 3 unspecified atom stereocenters. The minimum atomic E-state index is -0.336. The van der Waals surface area contributed by atoms with Crippen LogP contribution in [0.25, 0.3) is 0 Å². The molecular formula is C25H40O3. The van der Waals surface area contributed by atoms with Crippen LogP contribution in [0.2, 0.25) is 0 Å². The minimum Gasteiger partial charge on any atom is -0.393 e. The zero-order chi connectivity index (χ0) is 19.7. The summed E-state index contributed by atoms with van der Waals surface area (Å²) in [5.41, 5.74) is 0.723. The molecule has 0 aromatic carbocycles. The van der Waals surface area contributed by atoms with E-state index >= 15 is 0 Å². The molecule has 4 aliphatic carbocycles. The van der Waals surface area contributed by atoms with Gasteiger partial charge in [0.1, 0.15) is 0 Å². The Hall–Kier alpha value is -0.380. The molecule has 1 N–H and O–H groups in total. The second kappa shape index (κ2) is 6.56. The van der Waals surface area contributed by atoms with Gasteiger partial charge in [-0.3, -0.25) is 0 Å². The second-order valence-electron chi connectivity index (χ2n) is 11.4. The SMILES string of the molecule is C=C[C@@H](C)[C@H]1CCC2C3C(CC[C@@]21C)[C@@]1(C)CCC2(C[C@@H]1C[C@H]3O)OCCO2. The molecule has 0 aromatic heterocycles. The molecule has 0 aromatic rings. The molecule has 28 heavy (non-hydrogen) atoms. The average molecular weight is 389 g/mol. The van der Waals surface area contributed by atoms with Crippen LogP contribution in [0.3, 0.4) is 0 Å². The summed E-state index contributed by atoms with van der Waals surface area (Å²) in [6.45, 7) is 13.0. The topological polar surface area (TPSA) is 38.7 Å². The Morgan fingerprint density at radius 3 is 2.43 bits per heavy atom. The third kappa shape index (κ3) is 2.58. The highest BCUT2D eigenvalue weighted by Gasteiger charge is 2.64. The van der Waals surface area contributed by atoms with E-state index in [0.29, 0.717) is 40.4 Å². The summed E-state index contributed by atoms with van der Waals surface area (Å²) in [4.78, 5) is 0. The van der Waals surface area contributed by atoms with E-state index in [4.69, 9.17) is 9.47 Å². The smallest absolute Gasteiger partial charge is 0.168 e. The highest BCUT2D eigenvalue weighted by Crippen LogP contribution is 2.69. The number of ether oxygens (including phenoxy) is 2. The van der Waals surface area contributed by atoms with Gasteiger partial charge in [0.05, 0.1) is 19.3 Å². The van der Waals surface area contributed by atoms with E-state index in [1.54, 1.807) is 0 Å². The van der Waals surface area contributed by atoms with Crippen molar-refractivity contribution in [2.45, 2.75) is 84.0 Å². The van der Waals surface area contributed by atoms with Crippen molar-refractivity contribution in [3.63, 3.8) is 0 Å². The van der Waals surface area contributed by atoms with Gasteiger partial charge in [0.15, 0.2) is 5.79 Å². The van der Waals surface area contributed by atoms with E-state index in [9.17, 15) is 5.11 Å². The van der Waals surface area contributed by atoms with Gasteiger partial charge in [0.25, 0.3) is 0 Å². The van der Waals surface area contributed by atoms with Crippen molar-refractivity contribution in [1.29, 1.82) is 0 Å². The lowest BCUT2D eigenvalue weighted by atomic mass is 9.43. The Morgan fingerprint density at radius 2 is 1.71 bits per heavy atom. The van der Waals surface area contributed by atoms with E-state index in [1.165, 1.54) is 32.1 Å². The van der Waals surface area contributed by atoms with Crippen molar-refractivity contribution in [2.24, 2.45) is 46.3 Å². The standard InChI is InChI=1S/C25H40O3/c1-5-16(2)18-6-7-19-22-20(8-9-24(18,19)4)23(3)10-11-25(27-12-13-28-25)15-17(23)14-21(22)26/h5,16-22,26H,1,6-15H2,2-4H3/t16-,17+,18-,19?,20?,21-,22?,23+,24-/m1/s1. The number of aliphatic hydroxyl groups excluding tert-OH is 1. The molecule has 5 fully saturated rings. The van der Waals surface area contributed by atoms with Crippen molar-refractivity contribution in [2.75, 3.05) is 13.2 Å². The summed E-state index contributed by atoms with van der Waals surface area (Å²) in [7, 11) is 0. The molecule has 3 heteroatoms. The van der Waals surface area contributed by atoms with Crippen molar-refractivity contribution < 1.29 is 14.6 Å². The first-order chi connectivity index (χ1) is 13.3. The number of allylic oxidation sites excluding steroid dienone is 1. The number of rotatable bonds is 2. The third-order valence-corrected chi connectivity index (χ3v) is 10.6. The van der Waals surface area contributed by atoms with Crippen LogP contribution >= 0.6 is 0 Å². The van der Waals surface area contributed by atoms with E-state index in [-0.39, 0.29) is 11.9 Å². The van der Waals surface area contributed by atoms with Crippen LogP contribution in [0.4, 0.5) is 0 Å². The van der Waals surface area contributed by atoms with Gasteiger partial charge in [-0.15, -0.1) is 6.58 Å². The average Bonchev–Trinajstić information content (AvgIpc) is 3.27. The van der Waals surface area contributed by atoms with Crippen molar-refractivity contribution in [1.82, 2.24) is 0 Å². The highest BCUT2D eigenvalue weighted by molar-refractivity contribution is 5.13. The van der Waals surface area contributed by atoms with Crippen molar-refractivity contribution in [3.05, 3.63) is 12.7 Å². The Kier molecular flexibility index (Phi) is 4.58. The van der Waals surface area contributed by atoms with Crippen LogP contribution in [0.15, 0.2) is 12.7 Å². The largest absolute Gasteiger partial charge is 0.393 e. The van der Waals surface area contributed by atoms with E-state index in [2.05, 4.69) is 33.4 Å². The lowest BCUT2D eigenvalue weighted by Crippen LogP contribution is -2.60. The second-order valence-corrected chi connectivity index (χ2v) is 11.4. The van der Waals surface area contributed by atoms with E-state index in [0.717, 1.165) is 38.4 Å². The van der Waals surface area contributed by atoms with E-state index < -0.39 is 0 Å². The minimum absolute atomic E-state index is 0.151. The van der Waals surface area contributed by atoms with Gasteiger partial charge in [-0.1, -0.05) is 26.8 Å². The summed E-state index contributed by atoms with van der Waals surface area (Å²) >= 11 is 0. The monoisotopic (exact) mass is 388 g/mol. The number of hydrogen-bond donors (Lipinski definition) is 1. The van der Waals surface area contributed by atoms with Gasteiger partial charge >= 0.3 is 0 Å². The van der Waals surface area contributed by atoms with Crippen LogP contribution in [0, 0.1) is 46.3 Å². The molecule has 5 aliphatic rings. The predicted molar refractivity (Wildman–Crippen MR) is 111 cm³/mol. The summed E-state index contributed by atoms with van der Waals surface area (Å²) in [6, 6.07) is 0. The number of hydrogen-bond acceptors (Lipinski definition) is 3. The zero-order valence-corrected chi connectivity index (χ0v) is 18.2. The van der Waals surface area contributed by atoms with Crippen molar-refractivity contribution >= 4 is 0 Å². The van der Waals surface area contributed by atoms with Crippen LogP contribution in [0.5, 0.6) is 0 Å². The highest BCUT2D eigenvalue weighted by atomic mass is 16.7. The third-order valence-electron chi connectivity index (χ3n) is 10.6. The van der Waals surface area contributed by atoms with E-state index in [1.807, 2.05) is 0 Å². The molecule has 1 saturated heterocycles. The molecule has 1 heterocycles. The molecule has 9 atom stereocenters. The van der Waals surface area contributed by atoms with Gasteiger partial charge in [-0.2, -0.15) is 0 Å². The fraction of sp³-hybridized carbons (Fsp3) is 0.920. The number of fused-ring (bicyclic) bond motifs is 5. The van der Waals surface area contributed by atoms with Gasteiger partial charge < -0.3 is 14.6 Å². The maximum Gasteiger partial charge on any atom is 0.168 e. The summed E-state index contributed by atoms with van der Waals surface area (Å²) in [5.74, 6) is 3.35. The Bertz CT molecular complexity index is 625. The van der Waals surface area contributed by atoms with Gasteiger partial charge in [0, 0.05) is 12.8 Å². The molecule has 0 bridgehead atoms. The lowest BCUT2D eigenvalue weighted by molar-refractivity contribution is -0.242. The predicted octanol–water partition coefficient (Wildman–Crippen LogP) is 5.18. The van der Waals surface area contributed by atoms with Crippen LogP contribution < -0.4 is 0 Å². The molecule has 1 aliphatic heterocycles. The normalized spacial score (nSPS) is 53.3. The first-order valence-electron chi connectivity index (χ1n) is 11.9. The molecule has 5 rings (SSSR count). The Labute approximate surface area is 171 Å².